The first-order chi connectivity index (χ1) is 11.0. The quantitative estimate of drug-likeness (QED) is 0.500. The first-order valence-electron chi connectivity index (χ1n) is 9.65. The van der Waals surface area contributed by atoms with Crippen molar-refractivity contribution in [1.82, 2.24) is 0 Å². The van der Waals surface area contributed by atoms with Crippen LogP contribution in [0.4, 0.5) is 0 Å². The van der Waals surface area contributed by atoms with Crippen LogP contribution in [0.1, 0.15) is 60.3 Å². The van der Waals surface area contributed by atoms with Gasteiger partial charge in [-0.05, 0) is 49.4 Å². The Kier molecular flexibility index (Phi) is 5.71. The van der Waals surface area contributed by atoms with Crippen LogP contribution in [0.2, 0.25) is 0 Å². The number of esters is 1. The van der Waals surface area contributed by atoms with Crippen molar-refractivity contribution < 1.29 is 18.8 Å². The topological polar surface area (TPSA) is 35.5 Å². The monoisotopic (exact) mass is 340 g/mol. The first-order valence-corrected chi connectivity index (χ1v) is 9.65. The molecule has 4 nitrogen and oxygen atoms in total. The highest BCUT2D eigenvalue weighted by Crippen LogP contribution is 2.66. The zero-order valence-corrected chi connectivity index (χ0v) is 16.9. The van der Waals surface area contributed by atoms with Crippen LogP contribution < -0.4 is 0 Å². The van der Waals surface area contributed by atoms with Gasteiger partial charge in [-0.1, -0.05) is 27.7 Å². The second-order valence-corrected chi connectivity index (χ2v) is 9.50. The average molecular weight is 341 g/mol. The summed E-state index contributed by atoms with van der Waals surface area (Å²) in [5.74, 6) is 0.697. The van der Waals surface area contributed by atoms with Gasteiger partial charge in [-0.2, -0.15) is 0 Å². The van der Waals surface area contributed by atoms with Crippen LogP contribution in [0, 0.1) is 16.7 Å². The summed E-state index contributed by atoms with van der Waals surface area (Å²) < 4.78 is 12.3. The van der Waals surface area contributed by atoms with Gasteiger partial charge in [-0.25, -0.2) is 4.79 Å². The average Bonchev–Trinajstić information content (AvgIpc) is 2.79. The summed E-state index contributed by atoms with van der Waals surface area (Å²) in [6.45, 7) is 13.2. The van der Waals surface area contributed by atoms with Crippen LogP contribution in [0.3, 0.4) is 0 Å². The first kappa shape index (κ1) is 19.7. The lowest BCUT2D eigenvalue weighted by Crippen LogP contribution is -2.48. The van der Waals surface area contributed by atoms with E-state index >= 15 is 0 Å². The summed E-state index contributed by atoms with van der Waals surface area (Å²) in [5.41, 5.74) is 0.701. The standard InChI is InChI=1S/C20H38NO3/c1-8-15(2)24-18(22)14-21(6,7)11-12-23-17-13-16-9-10-20(17,5)19(16,3)4/h15-17H,8-14H2,1-7H3/q+1/t15-,16+,17-,20+/m0/s1. The predicted octanol–water partition coefficient (Wildman–Crippen LogP) is 3.64. The highest BCUT2D eigenvalue weighted by molar-refractivity contribution is 5.70. The second-order valence-electron chi connectivity index (χ2n) is 9.50. The Morgan fingerprint density at radius 2 is 1.96 bits per heavy atom. The molecule has 24 heavy (non-hydrogen) atoms. The molecule has 4 atom stereocenters. The smallest absolute Gasteiger partial charge is 0.362 e. The molecular weight excluding hydrogens is 302 g/mol. The van der Waals surface area contributed by atoms with E-state index in [1.54, 1.807) is 0 Å². The number of carbonyl (C=O) groups is 1. The largest absolute Gasteiger partial charge is 0.459 e. The van der Waals surface area contributed by atoms with E-state index in [2.05, 4.69) is 34.9 Å². The summed E-state index contributed by atoms with van der Waals surface area (Å²) in [4.78, 5) is 12.0. The zero-order valence-electron chi connectivity index (χ0n) is 16.9. The Balaban J connectivity index is 1.78. The molecule has 2 aliphatic rings. The fourth-order valence-electron chi connectivity index (χ4n) is 4.60. The molecule has 2 saturated carbocycles. The van der Waals surface area contributed by atoms with Gasteiger partial charge in [0.1, 0.15) is 6.54 Å². The molecule has 0 radical (unpaired) electrons. The minimum absolute atomic E-state index is 0.00460. The Morgan fingerprint density at radius 1 is 1.29 bits per heavy atom. The number of likely N-dealkylation sites (N-methyl/N-ethyl adjacent to an activating group) is 1. The minimum Gasteiger partial charge on any atom is -0.459 e. The number of hydrogen-bond acceptors (Lipinski definition) is 3. The highest BCUT2D eigenvalue weighted by atomic mass is 16.5. The van der Waals surface area contributed by atoms with Gasteiger partial charge in [0.2, 0.25) is 0 Å². The van der Waals surface area contributed by atoms with Crippen LogP contribution in [0.25, 0.3) is 0 Å². The molecule has 2 bridgehead atoms. The molecule has 0 aromatic carbocycles. The third-order valence-corrected chi connectivity index (χ3v) is 7.19. The number of rotatable bonds is 8. The molecule has 2 aliphatic carbocycles. The van der Waals surface area contributed by atoms with E-state index < -0.39 is 0 Å². The third-order valence-electron chi connectivity index (χ3n) is 7.19. The highest BCUT2D eigenvalue weighted by Gasteiger charge is 2.61. The fourth-order valence-corrected chi connectivity index (χ4v) is 4.60. The Morgan fingerprint density at radius 3 is 2.46 bits per heavy atom. The number of carbonyl (C=O) groups excluding carboxylic acids is 1. The van der Waals surface area contributed by atoms with Crippen molar-refractivity contribution in [2.75, 3.05) is 33.8 Å². The fraction of sp³-hybridized carbons (Fsp3) is 0.950. The normalized spacial score (nSPS) is 32.8. The van der Waals surface area contributed by atoms with Gasteiger partial charge >= 0.3 is 5.97 Å². The van der Waals surface area contributed by atoms with Gasteiger partial charge in [0.15, 0.2) is 6.54 Å². The summed E-state index contributed by atoms with van der Waals surface area (Å²) in [7, 11) is 4.15. The van der Waals surface area contributed by atoms with Crippen molar-refractivity contribution in [3.8, 4) is 0 Å². The summed E-state index contributed by atoms with van der Waals surface area (Å²) >= 11 is 0. The maximum atomic E-state index is 12.0. The molecule has 0 aromatic rings. The SMILES string of the molecule is CC[C@H](C)OC(=O)C[N+](C)(C)CCO[C@H]1C[C@H]2CC[C@@]1(C)C2(C)C. The zero-order chi connectivity index (χ0) is 18.2. The molecule has 2 rings (SSSR count). The van der Waals surface area contributed by atoms with E-state index in [0.29, 0.717) is 34.6 Å². The van der Waals surface area contributed by atoms with Crippen LogP contribution >= 0.6 is 0 Å². The van der Waals surface area contributed by atoms with E-state index in [-0.39, 0.29) is 12.1 Å². The molecule has 0 aromatic heterocycles. The minimum atomic E-state index is -0.109. The third kappa shape index (κ3) is 3.80. The summed E-state index contributed by atoms with van der Waals surface area (Å²) in [5, 5.41) is 0. The molecule has 0 spiro atoms. The lowest BCUT2D eigenvalue weighted by atomic mass is 9.70. The van der Waals surface area contributed by atoms with E-state index in [4.69, 9.17) is 9.47 Å². The van der Waals surface area contributed by atoms with Crippen molar-refractivity contribution in [3.63, 3.8) is 0 Å². The number of ether oxygens (including phenoxy) is 2. The van der Waals surface area contributed by atoms with Gasteiger partial charge in [0.25, 0.3) is 0 Å². The van der Waals surface area contributed by atoms with Crippen molar-refractivity contribution in [2.24, 2.45) is 16.7 Å². The van der Waals surface area contributed by atoms with E-state index in [1.165, 1.54) is 19.3 Å². The molecule has 0 heterocycles. The molecule has 0 unspecified atom stereocenters. The predicted molar refractivity (Wildman–Crippen MR) is 96.7 cm³/mol. The Bertz CT molecular complexity index is 460. The number of nitrogens with zero attached hydrogens (tertiary/aromatic N) is 1. The maximum absolute atomic E-state index is 12.0. The molecule has 0 aliphatic heterocycles. The van der Waals surface area contributed by atoms with E-state index in [0.717, 1.165) is 18.9 Å². The van der Waals surface area contributed by atoms with Crippen molar-refractivity contribution in [2.45, 2.75) is 72.5 Å². The van der Waals surface area contributed by atoms with Crippen molar-refractivity contribution in [1.29, 1.82) is 0 Å². The summed E-state index contributed by atoms with van der Waals surface area (Å²) in [6, 6.07) is 0. The number of fused-ring (bicyclic) bond motifs is 2. The van der Waals surface area contributed by atoms with Crippen molar-refractivity contribution >= 4 is 5.97 Å². The van der Waals surface area contributed by atoms with Crippen molar-refractivity contribution in [3.05, 3.63) is 0 Å². The van der Waals surface area contributed by atoms with Crippen LogP contribution in [0.5, 0.6) is 0 Å². The van der Waals surface area contributed by atoms with Gasteiger partial charge in [0, 0.05) is 0 Å². The molecule has 0 N–H and O–H groups in total. The number of quaternary nitrogens is 1. The van der Waals surface area contributed by atoms with Crippen LogP contribution in [0.15, 0.2) is 0 Å². The van der Waals surface area contributed by atoms with E-state index in [9.17, 15) is 4.79 Å². The van der Waals surface area contributed by atoms with Gasteiger partial charge < -0.3 is 14.0 Å². The van der Waals surface area contributed by atoms with E-state index in [1.807, 2.05) is 13.8 Å². The number of hydrogen-bond donors (Lipinski definition) is 0. The Hall–Kier alpha value is -0.610. The maximum Gasteiger partial charge on any atom is 0.362 e. The van der Waals surface area contributed by atoms with Crippen LogP contribution in [-0.2, 0) is 14.3 Å². The second kappa shape index (κ2) is 6.95. The molecule has 0 amide bonds. The lowest BCUT2D eigenvalue weighted by molar-refractivity contribution is -0.883. The molecule has 140 valence electrons. The molecule has 0 saturated heterocycles. The van der Waals surface area contributed by atoms with Gasteiger partial charge in [-0.3, -0.25) is 0 Å². The van der Waals surface area contributed by atoms with Gasteiger partial charge in [0.05, 0.1) is 32.9 Å². The summed E-state index contributed by atoms with van der Waals surface area (Å²) in [6.07, 6.45) is 5.08. The molecular formula is C20H38NO3+. The molecule has 4 heteroatoms. The Labute approximate surface area is 148 Å². The van der Waals surface area contributed by atoms with Crippen LogP contribution in [-0.4, -0.2) is 56.5 Å². The lowest BCUT2D eigenvalue weighted by Gasteiger charge is -2.39. The van der Waals surface area contributed by atoms with Gasteiger partial charge in [-0.15, -0.1) is 0 Å². The molecule has 2 fully saturated rings.